The highest BCUT2D eigenvalue weighted by atomic mass is 16.5. The number of carbonyl (C=O) groups excluding carboxylic acids is 2. The molecule has 2 rings (SSSR count). The van der Waals surface area contributed by atoms with Gasteiger partial charge in [-0.1, -0.05) is 32.0 Å². The fraction of sp³-hybridized carbons (Fsp3) is 0.500. The molecular weight excluding hydrogens is 282 g/mol. The average molecular weight is 305 g/mol. The van der Waals surface area contributed by atoms with Crippen molar-refractivity contribution in [3.8, 4) is 5.75 Å². The van der Waals surface area contributed by atoms with Crippen molar-refractivity contribution in [1.82, 2.24) is 16.0 Å². The third kappa shape index (κ3) is 4.65. The van der Waals surface area contributed by atoms with E-state index in [2.05, 4.69) is 29.8 Å². The first kappa shape index (κ1) is 16.1. The summed E-state index contributed by atoms with van der Waals surface area (Å²) in [6, 6.07) is 6.84. The molecule has 6 heteroatoms. The molecule has 0 spiro atoms. The van der Waals surface area contributed by atoms with Crippen LogP contribution in [0.4, 0.5) is 4.79 Å². The first-order chi connectivity index (χ1) is 10.6. The zero-order valence-electron chi connectivity index (χ0n) is 13.0. The second kappa shape index (κ2) is 7.68. The molecule has 1 aliphatic rings. The van der Waals surface area contributed by atoms with Crippen LogP contribution in [0.1, 0.15) is 25.8 Å². The molecule has 1 saturated heterocycles. The number of amides is 3. The van der Waals surface area contributed by atoms with Crippen molar-refractivity contribution in [2.45, 2.75) is 32.9 Å². The maximum atomic E-state index is 12.0. The topological polar surface area (TPSA) is 79.5 Å². The molecule has 1 heterocycles. The second-order valence-corrected chi connectivity index (χ2v) is 5.76. The lowest BCUT2D eigenvalue weighted by molar-refractivity contribution is -0.122. The number of hydrogen-bond acceptors (Lipinski definition) is 3. The van der Waals surface area contributed by atoms with E-state index in [0.29, 0.717) is 25.6 Å². The number of ether oxygens (including phenoxy) is 1. The van der Waals surface area contributed by atoms with Crippen molar-refractivity contribution < 1.29 is 14.3 Å². The largest absolute Gasteiger partial charge is 0.493 e. The quantitative estimate of drug-likeness (QED) is 0.712. The van der Waals surface area contributed by atoms with Crippen LogP contribution in [0.5, 0.6) is 5.75 Å². The van der Waals surface area contributed by atoms with Crippen molar-refractivity contribution >= 4 is 11.9 Å². The third-order valence-electron chi connectivity index (χ3n) is 3.47. The van der Waals surface area contributed by atoms with Gasteiger partial charge in [0.15, 0.2) is 0 Å². The number of rotatable bonds is 7. The Hall–Kier alpha value is -2.24. The van der Waals surface area contributed by atoms with Gasteiger partial charge in [-0.05, 0) is 18.4 Å². The van der Waals surface area contributed by atoms with Gasteiger partial charge < -0.3 is 20.7 Å². The molecule has 1 aromatic rings. The van der Waals surface area contributed by atoms with Gasteiger partial charge >= 0.3 is 6.03 Å². The predicted octanol–water partition coefficient (Wildman–Crippen LogP) is 1.41. The molecule has 0 aliphatic carbocycles. The van der Waals surface area contributed by atoms with Gasteiger partial charge in [0.2, 0.25) is 5.91 Å². The molecule has 0 bridgehead atoms. The normalized spacial score (nSPS) is 17.0. The second-order valence-electron chi connectivity index (χ2n) is 5.76. The van der Waals surface area contributed by atoms with Gasteiger partial charge in [0, 0.05) is 18.7 Å². The van der Waals surface area contributed by atoms with Gasteiger partial charge in [-0.25, -0.2) is 4.79 Å². The first-order valence-corrected chi connectivity index (χ1v) is 7.59. The summed E-state index contributed by atoms with van der Waals surface area (Å²) < 4.78 is 5.79. The molecule has 1 aliphatic heterocycles. The van der Waals surface area contributed by atoms with Gasteiger partial charge in [0.25, 0.3) is 0 Å². The van der Waals surface area contributed by atoms with Crippen molar-refractivity contribution in [1.29, 1.82) is 0 Å². The highest BCUT2D eigenvalue weighted by molar-refractivity contribution is 5.90. The van der Waals surface area contributed by atoms with Crippen LogP contribution in [-0.2, 0) is 11.3 Å². The van der Waals surface area contributed by atoms with Gasteiger partial charge in [0.05, 0.1) is 6.61 Å². The van der Waals surface area contributed by atoms with Crippen LogP contribution in [0.15, 0.2) is 24.3 Å². The standard InChI is InChI=1S/C16H23N3O3/c1-11(2)7-8-22-14-6-4-3-5-12(14)9-17-15(20)13-10-18-16(21)19-13/h3-6,11,13H,7-10H2,1-2H3,(H,17,20)(H2,18,19,21). The molecule has 22 heavy (non-hydrogen) atoms. The van der Waals surface area contributed by atoms with Gasteiger partial charge in [-0.15, -0.1) is 0 Å². The van der Waals surface area contributed by atoms with Crippen LogP contribution in [0, 0.1) is 5.92 Å². The molecule has 0 saturated carbocycles. The van der Waals surface area contributed by atoms with E-state index in [0.717, 1.165) is 17.7 Å². The molecule has 120 valence electrons. The van der Waals surface area contributed by atoms with E-state index in [4.69, 9.17) is 4.74 Å². The molecular formula is C16H23N3O3. The minimum Gasteiger partial charge on any atom is -0.493 e. The number of hydrogen-bond donors (Lipinski definition) is 3. The minimum absolute atomic E-state index is 0.199. The van der Waals surface area contributed by atoms with E-state index in [-0.39, 0.29) is 11.9 Å². The van der Waals surface area contributed by atoms with Crippen molar-refractivity contribution in [3.63, 3.8) is 0 Å². The van der Waals surface area contributed by atoms with Crippen LogP contribution < -0.4 is 20.7 Å². The Morgan fingerprint density at radius 3 is 2.86 bits per heavy atom. The van der Waals surface area contributed by atoms with Crippen LogP contribution in [0.2, 0.25) is 0 Å². The summed E-state index contributed by atoms with van der Waals surface area (Å²) in [4.78, 5) is 23.0. The number of urea groups is 1. The fourth-order valence-electron chi connectivity index (χ4n) is 2.11. The monoisotopic (exact) mass is 305 g/mol. The first-order valence-electron chi connectivity index (χ1n) is 7.59. The van der Waals surface area contributed by atoms with E-state index >= 15 is 0 Å². The van der Waals surface area contributed by atoms with Crippen LogP contribution in [0.3, 0.4) is 0 Å². The van der Waals surface area contributed by atoms with E-state index < -0.39 is 6.04 Å². The number of benzene rings is 1. The number of para-hydroxylation sites is 1. The molecule has 1 atom stereocenters. The molecule has 0 radical (unpaired) electrons. The van der Waals surface area contributed by atoms with Crippen molar-refractivity contribution in [3.05, 3.63) is 29.8 Å². The lowest BCUT2D eigenvalue weighted by Gasteiger charge is -2.14. The van der Waals surface area contributed by atoms with Gasteiger partial charge in [-0.3, -0.25) is 4.79 Å². The van der Waals surface area contributed by atoms with Gasteiger partial charge in [0.1, 0.15) is 11.8 Å². The van der Waals surface area contributed by atoms with Crippen LogP contribution in [-0.4, -0.2) is 31.1 Å². The maximum Gasteiger partial charge on any atom is 0.315 e. The SMILES string of the molecule is CC(C)CCOc1ccccc1CNC(=O)C1CNC(=O)N1. The van der Waals surface area contributed by atoms with Crippen LogP contribution in [0.25, 0.3) is 0 Å². The molecule has 0 aromatic heterocycles. The van der Waals surface area contributed by atoms with E-state index in [1.807, 2.05) is 24.3 Å². The minimum atomic E-state index is -0.512. The average Bonchev–Trinajstić information content (AvgIpc) is 2.92. The molecule has 3 N–H and O–H groups in total. The Balaban J connectivity index is 1.86. The third-order valence-corrected chi connectivity index (χ3v) is 3.47. The zero-order chi connectivity index (χ0) is 15.9. The Morgan fingerprint density at radius 2 is 2.18 bits per heavy atom. The Kier molecular flexibility index (Phi) is 5.63. The lowest BCUT2D eigenvalue weighted by Crippen LogP contribution is -2.42. The maximum absolute atomic E-state index is 12.0. The van der Waals surface area contributed by atoms with E-state index in [1.54, 1.807) is 0 Å². The summed E-state index contributed by atoms with van der Waals surface area (Å²) >= 11 is 0. The number of carbonyl (C=O) groups is 2. The van der Waals surface area contributed by atoms with Crippen molar-refractivity contribution in [2.75, 3.05) is 13.2 Å². The molecule has 6 nitrogen and oxygen atoms in total. The summed E-state index contributed by atoms with van der Waals surface area (Å²) in [6.45, 7) is 5.66. The Labute approximate surface area is 130 Å². The Morgan fingerprint density at radius 1 is 1.41 bits per heavy atom. The molecule has 3 amide bonds. The Bertz CT molecular complexity index is 531. The summed E-state index contributed by atoms with van der Waals surface area (Å²) in [6.07, 6.45) is 0.987. The predicted molar refractivity (Wildman–Crippen MR) is 83.6 cm³/mol. The van der Waals surface area contributed by atoms with Gasteiger partial charge in [-0.2, -0.15) is 0 Å². The molecule has 1 fully saturated rings. The van der Waals surface area contributed by atoms with Crippen molar-refractivity contribution in [2.24, 2.45) is 5.92 Å². The fourth-order valence-corrected chi connectivity index (χ4v) is 2.11. The molecule has 1 unspecified atom stereocenters. The summed E-state index contributed by atoms with van der Waals surface area (Å²) in [5.74, 6) is 1.18. The highest BCUT2D eigenvalue weighted by Gasteiger charge is 2.26. The smallest absolute Gasteiger partial charge is 0.315 e. The summed E-state index contributed by atoms with van der Waals surface area (Å²) in [7, 11) is 0. The summed E-state index contributed by atoms with van der Waals surface area (Å²) in [5, 5.41) is 7.95. The summed E-state index contributed by atoms with van der Waals surface area (Å²) in [5.41, 5.74) is 0.928. The zero-order valence-corrected chi connectivity index (χ0v) is 13.0. The van der Waals surface area contributed by atoms with E-state index in [1.165, 1.54) is 0 Å². The lowest BCUT2D eigenvalue weighted by atomic mass is 10.1. The number of nitrogens with one attached hydrogen (secondary N) is 3. The molecule has 1 aromatic carbocycles. The van der Waals surface area contributed by atoms with Crippen LogP contribution >= 0.6 is 0 Å². The van der Waals surface area contributed by atoms with E-state index in [9.17, 15) is 9.59 Å². The highest BCUT2D eigenvalue weighted by Crippen LogP contribution is 2.18.